The first kappa shape index (κ1) is 27.1. The van der Waals surface area contributed by atoms with Crippen molar-refractivity contribution in [2.24, 2.45) is 0 Å². The number of carboxylic acids is 1. The molecule has 3 N–H and O–H groups in total. The first-order valence-electron chi connectivity index (χ1n) is 12.5. The Balaban J connectivity index is 1.48. The number of carboxylic acid groups (broad SMARTS) is 1. The molecule has 4 rings (SSSR count). The standard InChI is InChI=1S/C28H31ClN6O3/c1-18(31-20-7-3-4-8-20)17-35(2)27-22(16-25(36)37)26(29)33-24(34-27)15-19-10-12-21(13-11-19)32-28(38)23-9-5-6-14-30-23/h5-6,9-14,20,31H,1,3-4,7-8,15-17H2,2H3,(H,32,38)(H,36,37). The lowest BCUT2D eigenvalue weighted by atomic mass is 10.1. The van der Waals surface area contributed by atoms with Gasteiger partial charge in [-0.3, -0.25) is 14.6 Å². The molecule has 2 aromatic heterocycles. The van der Waals surface area contributed by atoms with E-state index in [9.17, 15) is 14.7 Å². The number of rotatable bonds is 11. The van der Waals surface area contributed by atoms with Crippen molar-refractivity contribution >= 4 is 35.0 Å². The third kappa shape index (κ3) is 7.29. The lowest BCUT2D eigenvalue weighted by Gasteiger charge is -2.25. The maximum Gasteiger partial charge on any atom is 0.308 e. The number of nitrogens with one attached hydrogen (secondary N) is 2. The molecule has 1 saturated carbocycles. The van der Waals surface area contributed by atoms with Crippen LogP contribution in [0.1, 0.15) is 53.1 Å². The van der Waals surface area contributed by atoms with E-state index in [2.05, 4.69) is 27.2 Å². The minimum Gasteiger partial charge on any atom is -0.481 e. The second kappa shape index (κ2) is 12.5. The van der Waals surface area contributed by atoms with Gasteiger partial charge in [0.1, 0.15) is 22.5 Å². The van der Waals surface area contributed by atoms with E-state index < -0.39 is 5.97 Å². The summed E-state index contributed by atoms with van der Waals surface area (Å²) in [7, 11) is 1.84. The van der Waals surface area contributed by atoms with Gasteiger partial charge in [0.15, 0.2) is 0 Å². The Labute approximate surface area is 227 Å². The fourth-order valence-corrected chi connectivity index (χ4v) is 4.78. The third-order valence-corrected chi connectivity index (χ3v) is 6.65. The predicted molar refractivity (Wildman–Crippen MR) is 148 cm³/mol. The number of aliphatic carboxylic acids is 1. The van der Waals surface area contributed by atoms with Gasteiger partial charge in [-0.15, -0.1) is 0 Å². The molecule has 0 aliphatic heterocycles. The highest BCUT2D eigenvalue weighted by atomic mass is 35.5. The number of pyridine rings is 1. The van der Waals surface area contributed by atoms with E-state index in [-0.39, 0.29) is 17.5 Å². The van der Waals surface area contributed by atoms with Gasteiger partial charge in [0.05, 0.1) is 13.0 Å². The number of nitrogens with zero attached hydrogens (tertiary/aromatic N) is 4. The van der Waals surface area contributed by atoms with Gasteiger partial charge in [0.25, 0.3) is 5.91 Å². The van der Waals surface area contributed by atoms with Crippen LogP contribution in [-0.2, 0) is 17.6 Å². The number of amides is 1. The molecule has 0 bridgehead atoms. The summed E-state index contributed by atoms with van der Waals surface area (Å²) in [5, 5.41) is 15.9. The second-order valence-corrected chi connectivity index (χ2v) is 9.79. The smallest absolute Gasteiger partial charge is 0.308 e. The van der Waals surface area contributed by atoms with Crippen molar-refractivity contribution in [2.75, 3.05) is 23.8 Å². The molecule has 0 saturated heterocycles. The van der Waals surface area contributed by atoms with Crippen LogP contribution in [0.2, 0.25) is 5.15 Å². The molecule has 3 aromatic rings. The molecule has 1 fully saturated rings. The van der Waals surface area contributed by atoms with Gasteiger partial charge in [0.2, 0.25) is 0 Å². The highest BCUT2D eigenvalue weighted by Gasteiger charge is 2.21. The average Bonchev–Trinajstić information content (AvgIpc) is 3.39. The summed E-state index contributed by atoms with van der Waals surface area (Å²) in [5.41, 5.74) is 3.09. The number of aromatic nitrogens is 3. The largest absolute Gasteiger partial charge is 0.481 e. The molecule has 1 aliphatic rings. The summed E-state index contributed by atoms with van der Waals surface area (Å²) in [4.78, 5) is 38.9. The Hall–Kier alpha value is -3.98. The number of carbonyl (C=O) groups is 2. The van der Waals surface area contributed by atoms with Gasteiger partial charge < -0.3 is 20.6 Å². The summed E-state index contributed by atoms with van der Waals surface area (Å²) >= 11 is 6.47. The van der Waals surface area contributed by atoms with E-state index in [1.807, 2.05) is 24.1 Å². The molecule has 0 spiro atoms. The average molecular weight is 535 g/mol. The molecule has 198 valence electrons. The van der Waals surface area contributed by atoms with E-state index in [4.69, 9.17) is 16.6 Å². The number of hydrogen-bond acceptors (Lipinski definition) is 7. The van der Waals surface area contributed by atoms with Crippen molar-refractivity contribution in [3.05, 3.63) is 88.7 Å². The SMILES string of the molecule is C=C(CN(C)c1nc(Cc2ccc(NC(=O)c3ccccn3)cc2)nc(Cl)c1CC(=O)O)NC1CCCC1. The second-order valence-electron chi connectivity index (χ2n) is 9.43. The Morgan fingerprint density at radius 1 is 1.13 bits per heavy atom. The van der Waals surface area contributed by atoms with E-state index in [1.165, 1.54) is 12.8 Å². The van der Waals surface area contributed by atoms with Crippen molar-refractivity contribution in [1.29, 1.82) is 0 Å². The molecule has 2 heterocycles. The number of benzene rings is 1. The molecule has 0 atom stereocenters. The van der Waals surface area contributed by atoms with Crippen molar-refractivity contribution in [3.63, 3.8) is 0 Å². The number of anilines is 2. The van der Waals surface area contributed by atoms with Crippen LogP contribution in [-0.4, -0.2) is 51.6 Å². The molecule has 0 unspecified atom stereocenters. The molecular weight excluding hydrogens is 504 g/mol. The van der Waals surface area contributed by atoms with E-state index in [0.717, 1.165) is 24.1 Å². The Morgan fingerprint density at radius 2 is 1.87 bits per heavy atom. The van der Waals surface area contributed by atoms with Crippen LogP contribution in [0.4, 0.5) is 11.5 Å². The fourth-order valence-electron chi connectivity index (χ4n) is 4.53. The lowest BCUT2D eigenvalue weighted by molar-refractivity contribution is -0.136. The van der Waals surface area contributed by atoms with Crippen LogP contribution in [0.3, 0.4) is 0 Å². The maximum absolute atomic E-state index is 12.3. The van der Waals surface area contributed by atoms with Gasteiger partial charge in [-0.1, -0.05) is 49.2 Å². The van der Waals surface area contributed by atoms with Crippen LogP contribution < -0.4 is 15.5 Å². The van der Waals surface area contributed by atoms with Crippen LogP contribution in [0.15, 0.2) is 60.9 Å². The lowest BCUT2D eigenvalue weighted by Crippen LogP contribution is -2.33. The van der Waals surface area contributed by atoms with Crippen molar-refractivity contribution in [1.82, 2.24) is 20.3 Å². The molecule has 1 aliphatic carbocycles. The normalized spacial score (nSPS) is 13.2. The number of carbonyl (C=O) groups excluding carboxylic acids is 1. The molecule has 38 heavy (non-hydrogen) atoms. The van der Waals surface area contributed by atoms with Crippen LogP contribution in [0, 0.1) is 0 Å². The zero-order valence-electron chi connectivity index (χ0n) is 21.3. The van der Waals surface area contributed by atoms with Crippen molar-refractivity contribution in [3.8, 4) is 0 Å². The third-order valence-electron chi connectivity index (χ3n) is 6.33. The highest BCUT2D eigenvalue weighted by molar-refractivity contribution is 6.30. The van der Waals surface area contributed by atoms with Gasteiger partial charge in [-0.25, -0.2) is 9.97 Å². The topological polar surface area (TPSA) is 120 Å². The summed E-state index contributed by atoms with van der Waals surface area (Å²) in [6.07, 6.45) is 6.34. The van der Waals surface area contributed by atoms with Crippen LogP contribution in [0.25, 0.3) is 0 Å². The Bertz CT molecular complexity index is 1290. The van der Waals surface area contributed by atoms with Crippen molar-refractivity contribution < 1.29 is 14.7 Å². The summed E-state index contributed by atoms with van der Waals surface area (Å²) in [5.74, 6) is -0.370. The van der Waals surface area contributed by atoms with E-state index >= 15 is 0 Å². The van der Waals surface area contributed by atoms with Crippen LogP contribution in [0.5, 0.6) is 0 Å². The molecule has 1 aromatic carbocycles. The van der Waals surface area contributed by atoms with E-state index in [1.54, 1.807) is 36.5 Å². The van der Waals surface area contributed by atoms with E-state index in [0.29, 0.717) is 47.6 Å². The minimum atomic E-state index is -1.01. The first-order chi connectivity index (χ1) is 18.3. The number of likely N-dealkylation sites (N-methyl/N-ethyl adjacent to an activating group) is 1. The van der Waals surface area contributed by atoms with Crippen LogP contribution >= 0.6 is 11.6 Å². The Kier molecular flexibility index (Phi) is 8.91. The van der Waals surface area contributed by atoms with Crippen molar-refractivity contribution in [2.45, 2.75) is 44.6 Å². The Morgan fingerprint density at radius 3 is 2.53 bits per heavy atom. The predicted octanol–water partition coefficient (Wildman–Crippen LogP) is 4.48. The molecule has 0 radical (unpaired) electrons. The first-order valence-corrected chi connectivity index (χ1v) is 12.9. The minimum absolute atomic E-state index is 0.118. The summed E-state index contributed by atoms with van der Waals surface area (Å²) < 4.78 is 0. The zero-order chi connectivity index (χ0) is 27.1. The highest BCUT2D eigenvalue weighted by Crippen LogP contribution is 2.26. The van der Waals surface area contributed by atoms with Gasteiger partial charge in [0, 0.05) is 42.7 Å². The van der Waals surface area contributed by atoms with Gasteiger partial charge in [-0.2, -0.15) is 0 Å². The monoisotopic (exact) mass is 534 g/mol. The molecule has 9 nitrogen and oxygen atoms in total. The number of halogens is 1. The summed E-state index contributed by atoms with van der Waals surface area (Å²) in [6.45, 7) is 4.61. The summed E-state index contributed by atoms with van der Waals surface area (Å²) in [6, 6.07) is 12.9. The quantitative estimate of drug-likeness (QED) is 0.308. The maximum atomic E-state index is 12.3. The fraction of sp³-hybridized carbons (Fsp3) is 0.321. The number of hydrogen-bond donors (Lipinski definition) is 3. The van der Waals surface area contributed by atoms with Gasteiger partial charge in [-0.05, 0) is 42.7 Å². The van der Waals surface area contributed by atoms with Gasteiger partial charge >= 0.3 is 5.97 Å². The molecule has 10 heteroatoms. The molecular formula is C28H31ClN6O3. The zero-order valence-corrected chi connectivity index (χ0v) is 22.0. The molecule has 1 amide bonds.